The fourth-order valence-electron chi connectivity index (χ4n) is 1.71. The maximum atomic E-state index is 11.9. The highest BCUT2D eigenvalue weighted by molar-refractivity contribution is 7.88. The fourth-order valence-corrected chi connectivity index (χ4v) is 2.86. The van der Waals surface area contributed by atoms with Gasteiger partial charge in [-0.1, -0.05) is 31.2 Å². The van der Waals surface area contributed by atoms with Crippen molar-refractivity contribution in [3.8, 4) is 0 Å². The molecule has 0 unspecified atom stereocenters. The second kappa shape index (κ2) is 8.76. The van der Waals surface area contributed by atoms with Gasteiger partial charge in [-0.05, 0) is 17.5 Å². The normalized spacial score (nSPS) is 11.3. The van der Waals surface area contributed by atoms with Crippen molar-refractivity contribution in [1.82, 2.24) is 10.0 Å². The van der Waals surface area contributed by atoms with Gasteiger partial charge < -0.3 is 11.1 Å². The number of rotatable bonds is 9. The molecule has 0 aliphatic carbocycles. The highest BCUT2D eigenvalue weighted by Gasteiger charge is 2.11. The summed E-state index contributed by atoms with van der Waals surface area (Å²) in [6.07, 6.45) is 1.00. The Morgan fingerprint density at radius 2 is 1.76 bits per heavy atom. The molecule has 0 heterocycles. The van der Waals surface area contributed by atoms with Crippen LogP contribution in [0.5, 0.6) is 0 Å². The Labute approximate surface area is 126 Å². The molecule has 1 rings (SSSR count). The molecule has 4 N–H and O–H groups in total. The lowest BCUT2D eigenvalue weighted by Crippen LogP contribution is -2.31. The van der Waals surface area contributed by atoms with Crippen molar-refractivity contribution in [2.24, 2.45) is 5.73 Å². The van der Waals surface area contributed by atoms with Crippen LogP contribution in [0.2, 0.25) is 0 Å². The van der Waals surface area contributed by atoms with E-state index in [0.717, 1.165) is 12.0 Å². The molecule has 0 aliphatic rings. The fraction of sp³-hybridized carbons (Fsp3) is 0.500. The number of nitrogens with two attached hydrogens (primary N) is 1. The summed E-state index contributed by atoms with van der Waals surface area (Å²) < 4.78 is 26.2. The Morgan fingerprint density at radius 1 is 1.14 bits per heavy atom. The number of hydrogen-bond acceptors (Lipinski definition) is 4. The SMILES string of the molecule is CCCNC(=O)CCNS(=O)(=O)Cc1ccc(CN)cc1. The van der Waals surface area contributed by atoms with Gasteiger partial charge in [0.2, 0.25) is 15.9 Å². The lowest BCUT2D eigenvalue weighted by Gasteiger charge is -2.07. The van der Waals surface area contributed by atoms with Crippen LogP contribution in [0.4, 0.5) is 0 Å². The average Bonchev–Trinajstić information content (AvgIpc) is 2.45. The van der Waals surface area contributed by atoms with Crippen molar-refractivity contribution in [1.29, 1.82) is 0 Å². The van der Waals surface area contributed by atoms with Crippen LogP contribution in [0.15, 0.2) is 24.3 Å². The van der Waals surface area contributed by atoms with E-state index in [4.69, 9.17) is 5.73 Å². The third-order valence-electron chi connectivity index (χ3n) is 2.86. The molecule has 6 nitrogen and oxygen atoms in total. The van der Waals surface area contributed by atoms with E-state index in [9.17, 15) is 13.2 Å². The van der Waals surface area contributed by atoms with Crippen molar-refractivity contribution in [2.75, 3.05) is 13.1 Å². The van der Waals surface area contributed by atoms with E-state index in [2.05, 4.69) is 10.0 Å². The highest BCUT2D eigenvalue weighted by atomic mass is 32.2. The van der Waals surface area contributed by atoms with Gasteiger partial charge in [-0.2, -0.15) is 0 Å². The molecule has 0 radical (unpaired) electrons. The van der Waals surface area contributed by atoms with Crippen LogP contribution in [0.3, 0.4) is 0 Å². The molecule has 7 heteroatoms. The van der Waals surface area contributed by atoms with Crippen LogP contribution in [0.25, 0.3) is 0 Å². The monoisotopic (exact) mass is 313 g/mol. The van der Waals surface area contributed by atoms with Crippen LogP contribution < -0.4 is 15.8 Å². The van der Waals surface area contributed by atoms with E-state index in [0.29, 0.717) is 18.7 Å². The Bertz CT molecular complexity index is 541. The molecule has 0 bridgehead atoms. The summed E-state index contributed by atoms with van der Waals surface area (Å²) in [5.74, 6) is -0.249. The maximum absolute atomic E-state index is 11.9. The highest BCUT2D eigenvalue weighted by Crippen LogP contribution is 2.07. The Morgan fingerprint density at radius 3 is 2.33 bits per heavy atom. The van der Waals surface area contributed by atoms with Gasteiger partial charge in [-0.3, -0.25) is 4.79 Å². The minimum atomic E-state index is -3.43. The maximum Gasteiger partial charge on any atom is 0.221 e. The van der Waals surface area contributed by atoms with Gasteiger partial charge in [-0.15, -0.1) is 0 Å². The summed E-state index contributed by atoms with van der Waals surface area (Å²) in [5, 5.41) is 2.70. The molecule has 118 valence electrons. The molecule has 0 saturated carbocycles. The van der Waals surface area contributed by atoms with Crippen LogP contribution in [-0.4, -0.2) is 27.4 Å². The standard InChI is InChI=1S/C14H23N3O3S/c1-2-8-16-14(18)7-9-17-21(19,20)11-13-5-3-12(10-15)4-6-13/h3-6,17H,2,7-11,15H2,1H3,(H,16,18). The Balaban J connectivity index is 2.41. The molecule has 1 aromatic rings. The number of amides is 1. The zero-order chi connectivity index (χ0) is 15.7. The smallest absolute Gasteiger partial charge is 0.221 e. The van der Waals surface area contributed by atoms with Gasteiger partial charge in [0, 0.05) is 26.1 Å². The van der Waals surface area contributed by atoms with Gasteiger partial charge in [0.05, 0.1) is 5.75 Å². The average molecular weight is 313 g/mol. The molecular formula is C14H23N3O3S. The first-order valence-corrected chi connectivity index (χ1v) is 8.64. The van der Waals surface area contributed by atoms with Crippen molar-refractivity contribution in [2.45, 2.75) is 32.1 Å². The first-order valence-electron chi connectivity index (χ1n) is 6.98. The van der Waals surface area contributed by atoms with E-state index in [1.807, 2.05) is 19.1 Å². The molecule has 0 aromatic heterocycles. The van der Waals surface area contributed by atoms with Gasteiger partial charge in [-0.25, -0.2) is 13.1 Å². The summed E-state index contributed by atoms with van der Waals surface area (Å²) in [6.45, 7) is 3.11. The van der Waals surface area contributed by atoms with Gasteiger partial charge in [0.15, 0.2) is 0 Å². The van der Waals surface area contributed by atoms with E-state index in [1.165, 1.54) is 0 Å². The third-order valence-corrected chi connectivity index (χ3v) is 4.22. The van der Waals surface area contributed by atoms with Crippen LogP contribution >= 0.6 is 0 Å². The third kappa shape index (κ3) is 7.22. The number of hydrogen-bond donors (Lipinski definition) is 3. The quantitative estimate of drug-likeness (QED) is 0.617. The van der Waals surface area contributed by atoms with Gasteiger partial charge in [0.1, 0.15) is 0 Å². The van der Waals surface area contributed by atoms with Crippen LogP contribution in [0.1, 0.15) is 30.9 Å². The summed E-state index contributed by atoms with van der Waals surface area (Å²) in [5.41, 5.74) is 7.13. The van der Waals surface area contributed by atoms with E-state index < -0.39 is 10.0 Å². The number of carbonyl (C=O) groups is 1. The second-order valence-corrected chi connectivity index (χ2v) is 6.58. The lowest BCUT2D eigenvalue weighted by molar-refractivity contribution is -0.120. The zero-order valence-electron chi connectivity index (χ0n) is 12.3. The van der Waals surface area contributed by atoms with Gasteiger partial charge in [0.25, 0.3) is 0 Å². The first-order chi connectivity index (χ1) is 9.96. The molecule has 0 saturated heterocycles. The van der Waals surface area contributed by atoms with Crippen LogP contribution in [0, 0.1) is 0 Å². The molecule has 0 aliphatic heterocycles. The van der Waals surface area contributed by atoms with E-state index >= 15 is 0 Å². The number of benzene rings is 1. The molecule has 21 heavy (non-hydrogen) atoms. The summed E-state index contributed by atoms with van der Waals surface area (Å²) in [6, 6.07) is 7.11. The molecule has 1 amide bonds. The van der Waals surface area contributed by atoms with E-state index in [1.54, 1.807) is 12.1 Å². The van der Waals surface area contributed by atoms with Crippen molar-refractivity contribution >= 4 is 15.9 Å². The summed E-state index contributed by atoms with van der Waals surface area (Å²) in [4.78, 5) is 11.4. The number of carbonyl (C=O) groups excluding carboxylic acids is 1. The molecule has 0 atom stereocenters. The summed E-state index contributed by atoms with van der Waals surface area (Å²) >= 11 is 0. The first kappa shape index (κ1) is 17.6. The van der Waals surface area contributed by atoms with Crippen molar-refractivity contribution < 1.29 is 13.2 Å². The molecule has 1 aromatic carbocycles. The predicted molar refractivity (Wildman–Crippen MR) is 82.9 cm³/mol. The molecular weight excluding hydrogens is 290 g/mol. The second-order valence-electron chi connectivity index (χ2n) is 4.77. The van der Waals surface area contributed by atoms with Gasteiger partial charge >= 0.3 is 0 Å². The largest absolute Gasteiger partial charge is 0.356 e. The van der Waals surface area contributed by atoms with Crippen molar-refractivity contribution in [3.63, 3.8) is 0 Å². The molecule has 0 fully saturated rings. The molecule has 0 spiro atoms. The minimum Gasteiger partial charge on any atom is -0.356 e. The topological polar surface area (TPSA) is 101 Å². The number of nitrogens with one attached hydrogen (secondary N) is 2. The van der Waals surface area contributed by atoms with Crippen molar-refractivity contribution in [3.05, 3.63) is 35.4 Å². The predicted octanol–water partition coefficient (Wildman–Crippen LogP) is 0.481. The number of sulfonamides is 1. The Hall–Kier alpha value is -1.44. The lowest BCUT2D eigenvalue weighted by atomic mass is 10.1. The Kier molecular flexibility index (Phi) is 7.35. The van der Waals surface area contributed by atoms with E-state index in [-0.39, 0.29) is 24.6 Å². The summed E-state index contributed by atoms with van der Waals surface area (Å²) in [7, 11) is -3.43. The van der Waals surface area contributed by atoms with Crippen LogP contribution in [-0.2, 0) is 27.1 Å². The minimum absolute atomic E-state index is 0.103. The zero-order valence-corrected chi connectivity index (χ0v) is 13.1.